The number of nitrogens with zero attached hydrogens (tertiary/aromatic N) is 1. The zero-order valence-electron chi connectivity index (χ0n) is 8.32. The van der Waals surface area contributed by atoms with Crippen molar-refractivity contribution in [1.82, 2.24) is 0 Å². The van der Waals surface area contributed by atoms with Gasteiger partial charge in [0, 0.05) is 11.1 Å². The first-order valence-corrected chi connectivity index (χ1v) is 5.85. The summed E-state index contributed by atoms with van der Waals surface area (Å²) in [5.41, 5.74) is 1.16. The van der Waals surface area contributed by atoms with Gasteiger partial charge < -0.3 is 4.74 Å². The maximum absolute atomic E-state index is 8.89. The minimum Gasteiger partial charge on any atom is -0.373 e. The van der Waals surface area contributed by atoms with E-state index in [2.05, 4.69) is 34.1 Å². The highest BCUT2D eigenvalue weighted by molar-refractivity contribution is 9.10. The Labute approximate surface area is 98.0 Å². The Morgan fingerprint density at radius 1 is 1.33 bits per heavy atom. The summed E-state index contributed by atoms with van der Waals surface area (Å²) in [4.78, 5) is 0. The fourth-order valence-corrected chi connectivity index (χ4v) is 2.09. The summed E-state index contributed by atoms with van der Waals surface area (Å²) >= 11 is 3.40. The van der Waals surface area contributed by atoms with Crippen LogP contribution in [-0.4, -0.2) is 6.61 Å². The van der Waals surface area contributed by atoms with Crippen molar-refractivity contribution in [2.75, 3.05) is 6.61 Å². The van der Waals surface area contributed by atoms with E-state index in [9.17, 15) is 0 Å². The summed E-state index contributed by atoms with van der Waals surface area (Å²) < 4.78 is 6.74. The molecule has 0 amide bonds. The predicted molar refractivity (Wildman–Crippen MR) is 61.2 cm³/mol. The number of ether oxygens (including phenoxy) is 1. The zero-order valence-corrected chi connectivity index (χ0v) is 9.90. The fraction of sp³-hybridized carbons (Fsp3) is 0.417. The summed E-state index contributed by atoms with van der Waals surface area (Å²) in [6.07, 6.45) is 1.78. The lowest BCUT2D eigenvalue weighted by molar-refractivity contribution is 0.000704. The third-order valence-electron chi connectivity index (χ3n) is 2.71. The van der Waals surface area contributed by atoms with Crippen molar-refractivity contribution in [2.24, 2.45) is 5.92 Å². The lowest BCUT2D eigenvalue weighted by atomic mass is 9.93. The van der Waals surface area contributed by atoms with Gasteiger partial charge in [-0.05, 0) is 30.5 Å². The van der Waals surface area contributed by atoms with E-state index in [0.717, 1.165) is 22.9 Å². The van der Waals surface area contributed by atoms with Crippen molar-refractivity contribution in [3.05, 3.63) is 34.3 Å². The van der Waals surface area contributed by atoms with E-state index in [0.29, 0.717) is 6.61 Å². The molecule has 1 heterocycles. The first-order chi connectivity index (χ1) is 7.29. The molecule has 0 aromatic heterocycles. The van der Waals surface area contributed by atoms with E-state index in [1.807, 2.05) is 12.1 Å². The number of hydrogen-bond acceptors (Lipinski definition) is 2. The smallest absolute Gasteiger partial charge is 0.0837 e. The Morgan fingerprint density at radius 3 is 2.73 bits per heavy atom. The van der Waals surface area contributed by atoms with Crippen LogP contribution in [-0.2, 0) is 4.74 Å². The highest BCUT2D eigenvalue weighted by Gasteiger charge is 2.23. The largest absolute Gasteiger partial charge is 0.373 e. The van der Waals surface area contributed by atoms with Crippen molar-refractivity contribution < 1.29 is 4.74 Å². The maximum Gasteiger partial charge on any atom is 0.0837 e. The Morgan fingerprint density at radius 2 is 2.07 bits per heavy atom. The molecule has 2 rings (SSSR count). The van der Waals surface area contributed by atoms with E-state index in [4.69, 9.17) is 10.00 Å². The van der Waals surface area contributed by atoms with Gasteiger partial charge in [0.2, 0.25) is 0 Å². The molecule has 2 atom stereocenters. The standard InChI is InChI=1S/C12H12BrNO/c13-11-3-1-10(2-4-11)12-7-9(8-14)5-6-15-12/h1-4,9,12H,5-7H2. The van der Waals surface area contributed by atoms with Gasteiger partial charge in [0.15, 0.2) is 0 Å². The molecule has 1 aliphatic rings. The van der Waals surface area contributed by atoms with Crippen LogP contribution in [0.5, 0.6) is 0 Å². The summed E-state index contributed by atoms with van der Waals surface area (Å²) in [5, 5.41) is 8.89. The van der Waals surface area contributed by atoms with E-state index < -0.39 is 0 Å². The van der Waals surface area contributed by atoms with Gasteiger partial charge >= 0.3 is 0 Å². The van der Waals surface area contributed by atoms with Crippen LogP contribution in [0.1, 0.15) is 24.5 Å². The van der Waals surface area contributed by atoms with Crippen LogP contribution in [0, 0.1) is 17.2 Å². The molecule has 78 valence electrons. The third-order valence-corrected chi connectivity index (χ3v) is 3.24. The quantitative estimate of drug-likeness (QED) is 0.780. The second-order valence-corrected chi connectivity index (χ2v) is 4.68. The Balaban J connectivity index is 2.10. The monoisotopic (exact) mass is 265 g/mol. The second kappa shape index (κ2) is 4.78. The SMILES string of the molecule is N#CC1CCOC(c2ccc(Br)cc2)C1. The average molecular weight is 266 g/mol. The van der Waals surface area contributed by atoms with Crippen LogP contribution >= 0.6 is 15.9 Å². The number of rotatable bonds is 1. The molecule has 0 spiro atoms. The molecule has 3 heteroatoms. The predicted octanol–water partition coefficient (Wildman–Crippen LogP) is 3.44. The van der Waals surface area contributed by atoms with Crippen molar-refractivity contribution in [3.63, 3.8) is 0 Å². The molecule has 0 aliphatic carbocycles. The minimum absolute atomic E-state index is 0.0940. The summed E-state index contributed by atoms with van der Waals surface area (Å²) in [6, 6.07) is 10.4. The van der Waals surface area contributed by atoms with Gasteiger partial charge in [-0.3, -0.25) is 0 Å². The molecule has 0 N–H and O–H groups in total. The average Bonchev–Trinajstić information content (AvgIpc) is 2.30. The summed E-state index contributed by atoms with van der Waals surface area (Å²) in [6.45, 7) is 0.693. The highest BCUT2D eigenvalue weighted by atomic mass is 79.9. The van der Waals surface area contributed by atoms with Crippen LogP contribution in [0.3, 0.4) is 0 Å². The van der Waals surface area contributed by atoms with Crippen molar-refractivity contribution in [1.29, 1.82) is 5.26 Å². The van der Waals surface area contributed by atoms with Crippen molar-refractivity contribution in [2.45, 2.75) is 18.9 Å². The number of nitriles is 1. The van der Waals surface area contributed by atoms with Gasteiger partial charge in [0.1, 0.15) is 0 Å². The normalized spacial score (nSPS) is 25.9. The van der Waals surface area contributed by atoms with Crippen LogP contribution < -0.4 is 0 Å². The first kappa shape index (κ1) is 10.7. The topological polar surface area (TPSA) is 33.0 Å². The van der Waals surface area contributed by atoms with Gasteiger partial charge in [-0.15, -0.1) is 0 Å². The molecule has 2 nitrogen and oxygen atoms in total. The third kappa shape index (κ3) is 2.58. The molecule has 1 aliphatic heterocycles. The van der Waals surface area contributed by atoms with Crippen LogP contribution in [0.25, 0.3) is 0 Å². The molecule has 15 heavy (non-hydrogen) atoms. The van der Waals surface area contributed by atoms with Crippen molar-refractivity contribution in [3.8, 4) is 6.07 Å². The molecule has 0 radical (unpaired) electrons. The molecule has 1 aromatic carbocycles. The van der Waals surface area contributed by atoms with Crippen LogP contribution in [0.4, 0.5) is 0 Å². The van der Waals surface area contributed by atoms with Crippen LogP contribution in [0.15, 0.2) is 28.7 Å². The minimum atomic E-state index is 0.0940. The zero-order chi connectivity index (χ0) is 10.7. The molecule has 1 saturated heterocycles. The Kier molecular flexibility index (Phi) is 3.40. The molecule has 1 aromatic rings. The molecular formula is C12H12BrNO. The molecular weight excluding hydrogens is 254 g/mol. The molecule has 0 bridgehead atoms. The molecule has 1 fully saturated rings. The van der Waals surface area contributed by atoms with E-state index in [1.165, 1.54) is 0 Å². The number of benzene rings is 1. The van der Waals surface area contributed by atoms with Gasteiger partial charge in [-0.25, -0.2) is 0 Å². The second-order valence-electron chi connectivity index (χ2n) is 3.76. The first-order valence-electron chi connectivity index (χ1n) is 5.06. The summed E-state index contributed by atoms with van der Waals surface area (Å²) in [7, 11) is 0. The molecule has 0 saturated carbocycles. The van der Waals surface area contributed by atoms with Gasteiger partial charge in [0.25, 0.3) is 0 Å². The summed E-state index contributed by atoms with van der Waals surface area (Å²) in [5.74, 6) is 0.146. The Bertz CT molecular complexity index is 368. The number of hydrogen-bond donors (Lipinski definition) is 0. The van der Waals surface area contributed by atoms with Crippen molar-refractivity contribution >= 4 is 15.9 Å². The maximum atomic E-state index is 8.89. The van der Waals surface area contributed by atoms with Gasteiger partial charge in [-0.1, -0.05) is 28.1 Å². The van der Waals surface area contributed by atoms with Gasteiger partial charge in [-0.2, -0.15) is 5.26 Å². The Hall–Kier alpha value is -0.850. The van der Waals surface area contributed by atoms with Gasteiger partial charge in [0.05, 0.1) is 18.1 Å². The molecule has 2 unspecified atom stereocenters. The lowest BCUT2D eigenvalue weighted by Crippen LogP contribution is -2.18. The van der Waals surface area contributed by atoms with E-state index in [-0.39, 0.29) is 12.0 Å². The lowest BCUT2D eigenvalue weighted by Gasteiger charge is -2.26. The highest BCUT2D eigenvalue weighted by Crippen LogP contribution is 2.31. The van der Waals surface area contributed by atoms with Crippen LogP contribution in [0.2, 0.25) is 0 Å². The van der Waals surface area contributed by atoms with E-state index in [1.54, 1.807) is 0 Å². The number of halogens is 1. The van der Waals surface area contributed by atoms with E-state index >= 15 is 0 Å². The fourth-order valence-electron chi connectivity index (χ4n) is 1.82.